The molecule has 1 aromatic heterocycles. The Kier molecular flexibility index (Phi) is 5.35. The van der Waals surface area contributed by atoms with Gasteiger partial charge in [-0.1, -0.05) is 18.2 Å². The van der Waals surface area contributed by atoms with E-state index in [4.69, 9.17) is 9.15 Å². The van der Waals surface area contributed by atoms with E-state index in [9.17, 15) is 14.7 Å². The second kappa shape index (κ2) is 8.31. The summed E-state index contributed by atoms with van der Waals surface area (Å²) in [5.74, 6) is -0.547. The minimum Gasteiger partial charge on any atom is -0.478 e. The van der Waals surface area contributed by atoms with E-state index in [1.54, 1.807) is 6.07 Å². The van der Waals surface area contributed by atoms with Gasteiger partial charge in [0, 0.05) is 37.0 Å². The van der Waals surface area contributed by atoms with Gasteiger partial charge < -0.3 is 24.1 Å². The molecule has 0 amide bonds. The zero-order valence-electron chi connectivity index (χ0n) is 18.0. The van der Waals surface area contributed by atoms with Gasteiger partial charge in [0.25, 0.3) is 0 Å². The second-order valence-corrected chi connectivity index (χ2v) is 8.51. The van der Waals surface area contributed by atoms with Crippen LogP contribution in [-0.2, 0) is 4.74 Å². The van der Waals surface area contributed by atoms with Crippen LogP contribution in [0.25, 0.3) is 11.0 Å². The molecule has 32 heavy (non-hydrogen) atoms. The lowest BCUT2D eigenvalue weighted by atomic mass is 9.98. The largest absolute Gasteiger partial charge is 0.478 e. The van der Waals surface area contributed by atoms with Crippen LogP contribution in [-0.4, -0.2) is 43.4 Å². The molecule has 2 atom stereocenters. The minimum atomic E-state index is -1.05. The van der Waals surface area contributed by atoms with Crippen LogP contribution in [0.2, 0.25) is 0 Å². The highest BCUT2D eigenvalue weighted by molar-refractivity contribution is 5.94. The van der Waals surface area contributed by atoms with Crippen molar-refractivity contribution in [3.63, 3.8) is 0 Å². The Morgan fingerprint density at radius 2 is 1.94 bits per heavy atom. The molecule has 7 nitrogen and oxygen atoms in total. The van der Waals surface area contributed by atoms with Gasteiger partial charge in [-0.3, -0.25) is 4.79 Å². The Hall–Kier alpha value is -3.32. The zero-order chi connectivity index (χ0) is 22.2. The summed E-state index contributed by atoms with van der Waals surface area (Å²) in [4.78, 5) is 29.2. The van der Waals surface area contributed by atoms with Gasteiger partial charge in [0.05, 0.1) is 29.7 Å². The van der Waals surface area contributed by atoms with Crippen LogP contribution in [0.5, 0.6) is 0 Å². The number of benzene rings is 2. The molecular weight excluding hydrogens is 408 g/mol. The van der Waals surface area contributed by atoms with Gasteiger partial charge in [0.15, 0.2) is 11.3 Å². The Morgan fingerprint density at radius 3 is 2.69 bits per heavy atom. The number of hydrogen-bond donors (Lipinski definition) is 1. The standard InChI is InChI=1S/C25H26N2O5/c1-16-15-26(10-11-31-16)23-14-22(28)20-13-17(25(29)30)12-19(24(20)32-23)21-8-5-9-27(21)18-6-3-2-4-7-18/h2-4,6-7,12-14,16,21H,5,8-11,15H2,1H3,(H,29,30). The molecule has 2 unspecified atom stereocenters. The van der Waals surface area contributed by atoms with E-state index >= 15 is 0 Å². The average molecular weight is 434 g/mol. The maximum atomic E-state index is 13.1. The maximum absolute atomic E-state index is 13.1. The number of nitrogens with zero attached hydrogens (tertiary/aromatic N) is 2. The van der Waals surface area contributed by atoms with Crippen molar-refractivity contribution < 1.29 is 19.1 Å². The lowest BCUT2D eigenvalue weighted by Gasteiger charge is -2.32. The van der Waals surface area contributed by atoms with Crippen molar-refractivity contribution in [2.24, 2.45) is 0 Å². The van der Waals surface area contributed by atoms with Crippen LogP contribution >= 0.6 is 0 Å². The number of morpholine rings is 1. The summed E-state index contributed by atoms with van der Waals surface area (Å²) in [6.07, 6.45) is 1.88. The number of hydrogen-bond acceptors (Lipinski definition) is 6. The number of fused-ring (bicyclic) bond motifs is 1. The average Bonchev–Trinajstić information content (AvgIpc) is 3.29. The number of carboxylic acid groups (broad SMARTS) is 1. The molecule has 7 heteroatoms. The summed E-state index contributed by atoms with van der Waals surface area (Å²) < 4.78 is 12.0. The number of para-hydroxylation sites is 1. The summed E-state index contributed by atoms with van der Waals surface area (Å²) in [6, 6.07) is 14.6. The number of carboxylic acids is 1. The number of carbonyl (C=O) groups is 1. The summed E-state index contributed by atoms with van der Waals surface area (Å²) in [5.41, 5.74) is 2.18. The van der Waals surface area contributed by atoms with Crippen LogP contribution in [0.4, 0.5) is 11.6 Å². The van der Waals surface area contributed by atoms with Crippen molar-refractivity contribution in [2.45, 2.75) is 31.9 Å². The predicted octanol–water partition coefficient (Wildman–Crippen LogP) is 4.06. The van der Waals surface area contributed by atoms with Crippen LogP contribution in [0.1, 0.15) is 41.7 Å². The fraction of sp³-hybridized carbons (Fsp3) is 0.360. The number of rotatable bonds is 4. The molecule has 3 heterocycles. The molecular formula is C25H26N2O5. The third-order valence-corrected chi connectivity index (χ3v) is 6.34. The van der Waals surface area contributed by atoms with Crippen molar-refractivity contribution in [2.75, 3.05) is 36.0 Å². The molecule has 0 spiro atoms. The maximum Gasteiger partial charge on any atom is 0.335 e. The van der Waals surface area contributed by atoms with E-state index in [0.29, 0.717) is 36.5 Å². The fourth-order valence-electron chi connectivity index (χ4n) is 4.84. The molecule has 2 aliphatic rings. The highest BCUT2D eigenvalue weighted by atomic mass is 16.5. The first kappa shape index (κ1) is 20.6. The van der Waals surface area contributed by atoms with E-state index < -0.39 is 5.97 Å². The predicted molar refractivity (Wildman–Crippen MR) is 123 cm³/mol. The number of aromatic carboxylic acids is 1. The summed E-state index contributed by atoms with van der Waals surface area (Å²) in [6.45, 7) is 4.69. The van der Waals surface area contributed by atoms with Gasteiger partial charge in [0.1, 0.15) is 5.58 Å². The third kappa shape index (κ3) is 3.73. The normalized spacial score (nSPS) is 21.3. The molecule has 1 N–H and O–H groups in total. The summed E-state index contributed by atoms with van der Waals surface area (Å²) in [5, 5.41) is 10.0. The first-order chi connectivity index (χ1) is 15.5. The van der Waals surface area contributed by atoms with Crippen LogP contribution in [0.15, 0.2) is 57.7 Å². The van der Waals surface area contributed by atoms with E-state index in [2.05, 4.69) is 17.0 Å². The molecule has 0 saturated carbocycles. The quantitative estimate of drug-likeness (QED) is 0.663. The van der Waals surface area contributed by atoms with Crippen LogP contribution < -0.4 is 15.2 Å². The Balaban J connectivity index is 1.67. The number of ether oxygens (including phenoxy) is 1. The van der Waals surface area contributed by atoms with E-state index in [0.717, 1.165) is 30.6 Å². The molecule has 2 fully saturated rings. The van der Waals surface area contributed by atoms with Gasteiger partial charge in [-0.15, -0.1) is 0 Å². The van der Waals surface area contributed by atoms with E-state index in [1.807, 2.05) is 30.0 Å². The third-order valence-electron chi connectivity index (χ3n) is 6.34. The van der Waals surface area contributed by atoms with Crippen molar-refractivity contribution in [3.05, 3.63) is 69.9 Å². The Labute approximate surface area is 185 Å². The zero-order valence-corrected chi connectivity index (χ0v) is 18.0. The summed E-state index contributed by atoms with van der Waals surface area (Å²) in [7, 11) is 0. The van der Waals surface area contributed by atoms with Gasteiger partial charge in [-0.25, -0.2) is 4.79 Å². The van der Waals surface area contributed by atoms with Gasteiger partial charge in [-0.2, -0.15) is 0 Å². The smallest absolute Gasteiger partial charge is 0.335 e. The molecule has 0 bridgehead atoms. The lowest BCUT2D eigenvalue weighted by Crippen LogP contribution is -2.41. The minimum absolute atomic E-state index is 0.0435. The molecule has 0 aliphatic carbocycles. The Bertz CT molecular complexity index is 1210. The molecule has 2 aliphatic heterocycles. The van der Waals surface area contributed by atoms with Crippen LogP contribution in [0.3, 0.4) is 0 Å². The number of anilines is 2. The molecule has 166 valence electrons. The Morgan fingerprint density at radius 1 is 1.12 bits per heavy atom. The van der Waals surface area contributed by atoms with E-state index in [-0.39, 0.29) is 23.1 Å². The first-order valence-electron chi connectivity index (χ1n) is 11.0. The second-order valence-electron chi connectivity index (χ2n) is 8.51. The van der Waals surface area contributed by atoms with Crippen molar-refractivity contribution in [1.82, 2.24) is 0 Å². The summed E-state index contributed by atoms with van der Waals surface area (Å²) >= 11 is 0. The SMILES string of the molecule is CC1CN(c2cc(=O)c3cc(C(=O)O)cc(C4CCCN4c4ccccc4)c3o2)CCO1. The van der Waals surface area contributed by atoms with E-state index in [1.165, 1.54) is 12.1 Å². The van der Waals surface area contributed by atoms with Crippen LogP contribution in [0, 0.1) is 0 Å². The highest BCUT2D eigenvalue weighted by Gasteiger charge is 2.30. The molecule has 0 radical (unpaired) electrons. The van der Waals surface area contributed by atoms with Crippen molar-refractivity contribution in [3.8, 4) is 0 Å². The van der Waals surface area contributed by atoms with Crippen molar-refractivity contribution >= 4 is 28.5 Å². The molecule has 5 rings (SSSR count). The van der Waals surface area contributed by atoms with Gasteiger partial charge in [-0.05, 0) is 44.0 Å². The monoisotopic (exact) mass is 434 g/mol. The highest BCUT2D eigenvalue weighted by Crippen LogP contribution is 2.40. The topological polar surface area (TPSA) is 83.2 Å². The van der Waals surface area contributed by atoms with Crippen molar-refractivity contribution in [1.29, 1.82) is 0 Å². The first-order valence-corrected chi connectivity index (χ1v) is 11.0. The molecule has 2 aromatic carbocycles. The lowest BCUT2D eigenvalue weighted by molar-refractivity contribution is 0.0517. The van der Waals surface area contributed by atoms with Gasteiger partial charge in [0.2, 0.25) is 0 Å². The molecule has 2 saturated heterocycles. The van der Waals surface area contributed by atoms with Gasteiger partial charge >= 0.3 is 5.97 Å². The molecule has 3 aromatic rings. The fourth-order valence-corrected chi connectivity index (χ4v) is 4.84.